The van der Waals surface area contributed by atoms with E-state index >= 15 is 0 Å². The van der Waals surface area contributed by atoms with Gasteiger partial charge in [0.25, 0.3) is 0 Å². The minimum atomic E-state index is -3.85. The van der Waals surface area contributed by atoms with Crippen molar-refractivity contribution < 1.29 is 27.1 Å². The molecule has 0 radical (unpaired) electrons. The van der Waals surface area contributed by atoms with E-state index in [0.717, 1.165) is 5.56 Å². The van der Waals surface area contributed by atoms with Gasteiger partial charge in [-0.2, -0.15) is 0 Å². The Labute approximate surface area is 195 Å². The highest BCUT2D eigenvalue weighted by molar-refractivity contribution is 7.89. The SMILES string of the molecule is COc1ccc2c(COC(=O)c3cccc(S(=O)(=O)NCc4ccccc4)c3)cc(=O)oc2c1. The van der Waals surface area contributed by atoms with Crippen LogP contribution in [0.3, 0.4) is 0 Å². The lowest BCUT2D eigenvalue weighted by molar-refractivity contribution is 0.0473. The third kappa shape index (κ3) is 5.33. The van der Waals surface area contributed by atoms with Crippen LogP contribution in [0, 0.1) is 0 Å². The molecule has 9 heteroatoms. The lowest BCUT2D eigenvalue weighted by atomic mass is 10.1. The van der Waals surface area contributed by atoms with Crippen LogP contribution in [0.25, 0.3) is 11.0 Å². The van der Waals surface area contributed by atoms with E-state index in [0.29, 0.717) is 22.3 Å². The fourth-order valence-corrected chi connectivity index (χ4v) is 4.39. The minimum Gasteiger partial charge on any atom is -0.497 e. The number of hydrogen-bond acceptors (Lipinski definition) is 7. The van der Waals surface area contributed by atoms with Crippen molar-refractivity contribution in [3.05, 3.63) is 106 Å². The summed E-state index contributed by atoms with van der Waals surface area (Å²) >= 11 is 0. The molecule has 0 unspecified atom stereocenters. The Balaban J connectivity index is 1.49. The number of hydrogen-bond donors (Lipinski definition) is 1. The van der Waals surface area contributed by atoms with E-state index in [2.05, 4.69) is 4.72 Å². The molecule has 0 fully saturated rings. The van der Waals surface area contributed by atoms with E-state index in [1.165, 1.54) is 37.4 Å². The summed E-state index contributed by atoms with van der Waals surface area (Å²) in [6.07, 6.45) is 0. The molecule has 8 nitrogen and oxygen atoms in total. The van der Waals surface area contributed by atoms with Gasteiger partial charge in [0.2, 0.25) is 10.0 Å². The Morgan fingerprint density at radius 1 is 0.971 bits per heavy atom. The molecule has 174 valence electrons. The molecule has 4 aromatic rings. The Kier molecular flexibility index (Phi) is 6.76. The molecule has 0 spiro atoms. The van der Waals surface area contributed by atoms with Gasteiger partial charge in [-0.3, -0.25) is 0 Å². The first kappa shape index (κ1) is 23.2. The zero-order valence-electron chi connectivity index (χ0n) is 18.2. The monoisotopic (exact) mass is 479 g/mol. The van der Waals surface area contributed by atoms with Crippen molar-refractivity contribution in [2.45, 2.75) is 18.0 Å². The van der Waals surface area contributed by atoms with Crippen molar-refractivity contribution in [3.8, 4) is 5.75 Å². The van der Waals surface area contributed by atoms with E-state index in [4.69, 9.17) is 13.9 Å². The molecule has 0 aliphatic heterocycles. The van der Waals surface area contributed by atoms with E-state index < -0.39 is 21.6 Å². The Morgan fingerprint density at radius 2 is 1.76 bits per heavy atom. The Morgan fingerprint density at radius 3 is 2.53 bits per heavy atom. The number of carbonyl (C=O) groups excluding carboxylic acids is 1. The van der Waals surface area contributed by atoms with E-state index in [1.54, 1.807) is 30.3 Å². The topological polar surface area (TPSA) is 112 Å². The predicted octanol–water partition coefficient (Wildman–Crippen LogP) is 3.64. The molecule has 34 heavy (non-hydrogen) atoms. The van der Waals surface area contributed by atoms with Crippen molar-refractivity contribution in [2.75, 3.05) is 7.11 Å². The first-order valence-electron chi connectivity index (χ1n) is 10.3. The number of benzene rings is 3. The molecule has 1 N–H and O–H groups in total. The van der Waals surface area contributed by atoms with Crippen molar-refractivity contribution in [2.24, 2.45) is 0 Å². The van der Waals surface area contributed by atoms with Gasteiger partial charge in [0.1, 0.15) is 17.9 Å². The van der Waals surface area contributed by atoms with Gasteiger partial charge >= 0.3 is 11.6 Å². The summed E-state index contributed by atoms with van der Waals surface area (Å²) in [5.74, 6) is -0.210. The molecular weight excluding hydrogens is 458 g/mol. The largest absolute Gasteiger partial charge is 0.497 e. The number of nitrogens with one attached hydrogen (secondary N) is 1. The lowest BCUT2D eigenvalue weighted by Gasteiger charge is -2.10. The molecule has 0 atom stereocenters. The number of esters is 1. The fraction of sp³-hybridized carbons (Fsp3) is 0.120. The number of ether oxygens (including phenoxy) is 2. The zero-order chi connectivity index (χ0) is 24.1. The Bertz CT molecular complexity index is 1490. The molecule has 0 saturated heterocycles. The summed E-state index contributed by atoms with van der Waals surface area (Å²) in [6, 6.07) is 20.9. The maximum absolute atomic E-state index is 12.7. The van der Waals surface area contributed by atoms with Gasteiger partial charge in [0.05, 0.1) is 17.6 Å². The molecule has 4 rings (SSSR count). The molecule has 0 aliphatic carbocycles. The molecule has 0 amide bonds. The van der Waals surface area contributed by atoms with Crippen molar-refractivity contribution in [1.29, 1.82) is 0 Å². The summed E-state index contributed by atoms with van der Waals surface area (Å²) in [5.41, 5.74) is 1.03. The smallest absolute Gasteiger partial charge is 0.338 e. The van der Waals surface area contributed by atoms with Crippen molar-refractivity contribution in [1.82, 2.24) is 4.72 Å². The second kappa shape index (κ2) is 9.90. The summed E-state index contributed by atoms with van der Waals surface area (Å²) in [6.45, 7) is -0.0806. The first-order valence-corrected chi connectivity index (χ1v) is 11.8. The van der Waals surface area contributed by atoms with Gasteiger partial charge in [-0.15, -0.1) is 0 Å². The Hall–Kier alpha value is -3.95. The summed E-state index contributed by atoms with van der Waals surface area (Å²) in [5, 5.41) is 0.592. The van der Waals surface area contributed by atoms with Gasteiger partial charge in [-0.1, -0.05) is 36.4 Å². The zero-order valence-corrected chi connectivity index (χ0v) is 19.0. The quantitative estimate of drug-likeness (QED) is 0.303. The second-order valence-electron chi connectivity index (χ2n) is 7.37. The van der Waals surface area contributed by atoms with Crippen molar-refractivity contribution in [3.63, 3.8) is 0 Å². The van der Waals surface area contributed by atoms with E-state index in [-0.39, 0.29) is 23.6 Å². The number of fused-ring (bicyclic) bond motifs is 1. The second-order valence-corrected chi connectivity index (χ2v) is 9.13. The van der Waals surface area contributed by atoms with Gasteiger partial charge in [0, 0.05) is 29.6 Å². The van der Waals surface area contributed by atoms with Crippen LogP contribution >= 0.6 is 0 Å². The number of methoxy groups -OCH3 is 1. The third-order valence-electron chi connectivity index (χ3n) is 5.09. The number of sulfonamides is 1. The van der Waals surface area contributed by atoms with Crippen molar-refractivity contribution >= 4 is 27.0 Å². The highest BCUT2D eigenvalue weighted by Gasteiger charge is 2.17. The van der Waals surface area contributed by atoms with Gasteiger partial charge in [0.15, 0.2) is 0 Å². The molecule has 0 bridgehead atoms. The summed E-state index contributed by atoms with van der Waals surface area (Å²) < 4.78 is 43.6. The molecule has 1 aromatic heterocycles. The third-order valence-corrected chi connectivity index (χ3v) is 6.48. The van der Waals surface area contributed by atoms with Crippen LogP contribution < -0.4 is 15.1 Å². The minimum absolute atomic E-state index is 0.0595. The average Bonchev–Trinajstić information content (AvgIpc) is 2.86. The van der Waals surface area contributed by atoms with Gasteiger partial charge in [-0.05, 0) is 35.9 Å². The highest BCUT2D eigenvalue weighted by Crippen LogP contribution is 2.23. The molecule has 0 saturated carbocycles. The molecule has 0 aliphatic rings. The summed E-state index contributed by atoms with van der Waals surface area (Å²) in [4.78, 5) is 24.5. The van der Waals surface area contributed by atoms with Crippen LogP contribution in [0.4, 0.5) is 0 Å². The van der Waals surface area contributed by atoms with E-state index in [9.17, 15) is 18.0 Å². The summed E-state index contributed by atoms with van der Waals surface area (Å²) in [7, 11) is -2.35. The molecule has 1 heterocycles. The highest BCUT2D eigenvalue weighted by atomic mass is 32.2. The predicted molar refractivity (Wildman–Crippen MR) is 125 cm³/mol. The molecule has 3 aromatic carbocycles. The first-order chi connectivity index (χ1) is 16.4. The van der Waals surface area contributed by atoms with Crippen LogP contribution in [0.5, 0.6) is 5.75 Å². The normalized spacial score (nSPS) is 11.3. The van der Waals surface area contributed by atoms with E-state index in [1.807, 2.05) is 18.2 Å². The van der Waals surface area contributed by atoms with Crippen LogP contribution in [0.15, 0.2) is 93.0 Å². The fourth-order valence-electron chi connectivity index (χ4n) is 3.33. The van der Waals surface area contributed by atoms with Gasteiger partial charge < -0.3 is 13.9 Å². The van der Waals surface area contributed by atoms with Crippen LogP contribution in [-0.4, -0.2) is 21.5 Å². The van der Waals surface area contributed by atoms with Crippen LogP contribution in [0.2, 0.25) is 0 Å². The van der Waals surface area contributed by atoms with Gasteiger partial charge in [-0.25, -0.2) is 22.7 Å². The lowest BCUT2D eigenvalue weighted by Crippen LogP contribution is -2.23. The average molecular weight is 480 g/mol. The van der Waals surface area contributed by atoms with Crippen LogP contribution in [0.1, 0.15) is 21.5 Å². The molecular formula is C25H21NO7S. The standard InChI is InChI=1S/C25H21NO7S/c1-31-20-10-11-22-19(13-24(27)33-23(22)14-20)16-32-25(28)18-8-5-9-21(12-18)34(29,30)26-15-17-6-3-2-4-7-17/h2-14,26H,15-16H2,1H3. The maximum Gasteiger partial charge on any atom is 0.338 e. The number of carbonyl (C=O) groups is 1. The van der Waals surface area contributed by atoms with Crippen LogP contribution in [-0.2, 0) is 27.9 Å². The number of rotatable bonds is 8. The maximum atomic E-state index is 12.7.